The Labute approximate surface area is 84.3 Å². The quantitative estimate of drug-likeness (QED) is 0.738. The molecule has 0 spiro atoms. The summed E-state index contributed by atoms with van der Waals surface area (Å²) in [5, 5.41) is 8.36. The van der Waals surface area contributed by atoms with E-state index in [0.29, 0.717) is 0 Å². The zero-order valence-electron chi connectivity index (χ0n) is 7.93. The standard InChI is InChI=1S/C9H12F4O2/c10-7(8(14)15)5-1-3-6(4-2-5)9(11,12)13/h5-7H,1-4H2,(H,14,15). The lowest BCUT2D eigenvalue weighted by molar-refractivity contribution is -0.185. The van der Waals surface area contributed by atoms with E-state index in [0.717, 1.165) is 0 Å². The molecule has 0 aliphatic heterocycles. The van der Waals surface area contributed by atoms with Crippen molar-refractivity contribution in [1.29, 1.82) is 0 Å². The topological polar surface area (TPSA) is 37.3 Å². The summed E-state index contributed by atoms with van der Waals surface area (Å²) in [5.41, 5.74) is 0. The molecule has 0 aromatic heterocycles. The van der Waals surface area contributed by atoms with Gasteiger partial charge in [-0.3, -0.25) is 0 Å². The van der Waals surface area contributed by atoms with Gasteiger partial charge in [-0.05, 0) is 25.7 Å². The van der Waals surface area contributed by atoms with E-state index in [1.807, 2.05) is 0 Å². The van der Waals surface area contributed by atoms with Gasteiger partial charge in [0.05, 0.1) is 5.92 Å². The fourth-order valence-corrected chi connectivity index (χ4v) is 1.94. The number of halogens is 4. The smallest absolute Gasteiger partial charge is 0.391 e. The summed E-state index contributed by atoms with van der Waals surface area (Å²) >= 11 is 0. The maximum Gasteiger partial charge on any atom is 0.391 e. The second kappa shape index (κ2) is 4.37. The van der Waals surface area contributed by atoms with Gasteiger partial charge in [-0.25, -0.2) is 9.18 Å². The van der Waals surface area contributed by atoms with Gasteiger partial charge in [-0.1, -0.05) is 0 Å². The van der Waals surface area contributed by atoms with Crippen molar-refractivity contribution in [3.63, 3.8) is 0 Å². The number of carboxylic acids is 1. The van der Waals surface area contributed by atoms with Crippen LogP contribution in [0.2, 0.25) is 0 Å². The number of carbonyl (C=O) groups is 1. The van der Waals surface area contributed by atoms with Gasteiger partial charge in [0.2, 0.25) is 0 Å². The number of aliphatic carboxylic acids is 1. The summed E-state index contributed by atoms with van der Waals surface area (Å²) in [6.45, 7) is 0. The highest BCUT2D eigenvalue weighted by atomic mass is 19.4. The van der Waals surface area contributed by atoms with E-state index in [1.54, 1.807) is 0 Å². The molecule has 0 radical (unpaired) electrons. The molecular formula is C9H12F4O2. The molecule has 88 valence electrons. The summed E-state index contributed by atoms with van der Waals surface area (Å²) in [6, 6.07) is 0. The molecule has 15 heavy (non-hydrogen) atoms. The van der Waals surface area contributed by atoms with Crippen LogP contribution in [0.5, 0.6) is 0 Å². The highest BCUT2D eigenvalue weighted by Crippen LogP contribution is 2.40. The molecule has 1 aliphatic rings. The Kier molecular flexibility index (Phi) is 3.57. The molecule has 2 nitrogen and oxygen atoms in total. The van der Waals surface area contributed by atoms with Crippen molar-refractivity contribution >= 4 is 5.97 Å². The molecule has 0 saturated heterocycles. The van der Waals surface area contributed by atoms with Crippen LogP contribution in [0.25, 0.3) is 0 Å². The molecule has 1 fully saturated rings. The fraction of sp³-hybridized carbons (Fsp3) is 0.889. The maximum absolute atomic E-state index is 13.0. The van der Waals surface area contributed by atoms with E-state index in [9.17, 15) is 22.4 Å². The molecule has 1 unspecified atom stereocenters. The van der Waals surface area contributed by atoms with E-state index in [2.05, 4.69) is 0 Å². The largest absolute Gasteiger partial charge is 0.479 e. The second-order valence-electron chi connectivity index (χ2n) is 3.89. The fourth-order valence-electron chi connectivity index (χ4n) is 1.94. The monoisotopic (exact) mass is 228 g/mol. The van der Waals surface area contributed by atoms with Crippen LogP contribution in [0.3, 0.4) is 0 Å². The lowest BCUT2D eigenvalue weighted by Crippen LogP contribution is -2.33. The summed E-state index contributed by atoms with van der Waals surface area (Å²) in [5.74, 6) is -3.73. The first kappa shape index (κ1) is 12.3. The number of hydrogen-bond acceptors (Lipinski definition) is 1. The van der Waals surface area contributed by atoms with E-state index >= 15 is 0 Å². The van der Waals surface area contributed by atoms with E-state index in [1.165, 1.54) is 0 Å². The summed E-state index contributed by atoms with van der Waals surface area (Å²) < 4.78 is 49.6. The van der Waals surface area contributed by atoms with Crippen molar-refractivity contribution < 1.29 is 27.5 Å². The first-order chi connectivity index (χ1) is 6.82. The number of alkyl halides is 4. The Morgan fingerprint density at radius 3 is 2.00 bits per heavy atom. The van der Waals surface area contributed by atoms with Crippen molar-refractivity contribution in [2.45, 2.75) is 38.0 Å². The lowest BCUT2D eigenvalue weighted by atomic mass is 9.79. The van der Waals surface area contributed by atoms with Gasteiger partial charge in [0.1, 0.15) is 0 Å². The zero-order chi connectivity index (χ0) is 11.6. The van der Waals surface area contributed by atoms with Crippen LogP contribution in [-0.2, 0) is 4.79 Å². The molecule has 1 N–H and O–H groups in total. The Morgan fingerprint density at radius 2 is 1.67 bits per heavy atom. The van der Waals surface area contributed by atoms with Crippen LogP contribution in [0.4, 0.5) is 17.6 Å². The van der Waals surface area contributed by atoms with Crippen LogP contribution >= 0.6 is 0 Å². The highest BCUT2D eigenvalue weighted by molar-refractivity contribution is 5.72. The average Bonchev–Trinajstić information content (AvgIpc) is 2.15. The van der Waals surface area contributed by atoms with Crippen molar-refractivity contribution in [2.24, 2.45) is 11.8 Å². The van der Waals surface area contributed by atoms with Gasteiger partial charge >= 0.3 is 12.1 Å². The Morgan fingerprint density at radius 1 is 1.20 bits per heavy atom. The van der Waals surface area contributed by atoms with Crippen LogP contribution in [0.1, 0.15) is 25.7 Å². The molecule has 0 aromatic rings. The molecule has 6 heteroatoms. The number of hydrogen-bond donors (Lipinski definition) is 1. The van der Waals surface area contributed by atoms with Crippen molar-refractivity contribution in [2.75, 3.05) is 0 Å². The van der Waals surface area contributed by atoms with Crippen LogP contribution in [0.15, 0.2) is 0 Å². The minimum absolute atomic E-state index is 0.00234. The molecule has 1 aliphatic carbocycles. The van der Waals surface area contributed by atoms with Gasteiger partial charge in [0, 0.05) is 5.92 Å². The SMILES string of the molecule is O=C(O)C(F)C1CCC(C(F)(F)F)CC1. The molecule has 0 aromatic carbocycles. The molecule has 0 bridgehead atoms. The van der Waals surface area contributed by atoms with E-state index < -0.39 is 30.2 Å². The average molecular weight is 228 g/mol. The predicted molar refractivity (Wildman–Crippen MR) is 44.0 cm³/mol. The zero-order valence-corrected chi connectivity index (χ0v) is 7.93. The third-order valence-electron chi connectivity index (χ3n) is 2.88. The van der Waals surface area contributed by atoms with Gasteiger partial charge in [0.15, 0.2) is 6.17 Å². The van der Waals surface area contributed by atoms with Gasteiger partial charge in [-0.2, -0.15) is 13.2 Å². The lowest BCUT2D eigenvalue weighted by Gasteiger charge is -2.30. The molecular weight excluding hydrogens is 216 g/mol. The van der Waals surface area contributed by atoms with E-state index in [4.69, 9.17) is 5.11 Å². The Bertz CT molecular complexity index is 231. The Hall–Kier alpha value is -0.810. The van der Waals surface area contributed by atoms with Gasteiger partial charge in [-0.15, -0.1) is 0 Å². The van der Waals surface area contributed by atoms with Crippen LogP contribution < -0.4 is 0 Å². The van der Waals surface area contributed by atoms with Gasteiger partial charge in [0.25, 0.3) is 0 Å². The summed E-state index contributed by atoms with van der Waals surface area (Å²) in [7, 11) is 0. The maximum atomic E-state index is 13.0. The van der Waals surface area contributed by atoms with Gasteiger partial charge < -0.3 is 5.11 Å². The number of carboxylic acid groups (broad SMARTS) is 1. The first-order valence-corrected chi connectivity index (χ1v) is 4.76. The first-order valence-electron chi connectivity index (χ1n) is 4.76. The molecule has 1 saturated carbocycles. The minimum Gasteiger partial charge on any atom is -0.479 e. The van der Waals surface area contributed by atoms with Crippen molar-refractivity contribution in [1.82, 2.24) is 0 Å². The third-order valence-corrected chi connectivity index (χ3v) is 2.88. The molecule has 1 atom stereocenters. The molecule has 0 amide bonds. The van der Waals surface area contributed by atoms with Crippen molar-refractivity contribution in [3.05, 3.63) is 0 Å². The van der Waals surface area contributed by atoms with Crippen LogP contribution in [-0.4, -0.2) is 23.4 Å². The van der Waals surface area contributed by atoms with Crippen LogP contribution in [0, 0.1) is 11.8 Å². The van der Waals surface area contributed by atoms with Crippen molar-refractivity contribution in [3.8, 4) is 0 Å². The number of rotatable bonds is 2. The molecule has 1 rings (SSSR count). The highest BCUT2D eigenvalue weighted by Gasteiger charge is 2.43. The Balaban J connectivity index is 2.46. The normalized spacial score (nSPS) is 29.9. The molecule has 0 heterocycles. The predicted octanol–water partition coefficient (Wildman–Crippen LogP) is 2.78. The van der Waals surface area contributed by atoms with E-state index in [-0.39, 0.29) is 25.7 Å². The minimum atomic E-state index is -4.24. The summed E-state index contributed by atoms with van der Waals surface area (Å²) in [6.07, 6.45) is -6.60. The second-order valence-corrected chi connectivity index (χ2v) is 3.89. The third kappa shape index (κ3) is 3.07. The summed E-state index contributed by atoms with van der Waals surface area (Å²) in [4.78, 5) is 10.3.